The summed E-state index contributed by atoms with van der Waals surface area (Å²) in [4.78, 5) is 11.5. The van der Waals surface area contributed by atoms with Crippen molar-refractivity contribution < 1.29 is 14.6 Å². The first kappa shape index (κ1) is 21.3. The molecule has 0 amide bonds. The molecule has 0 radical (unpaired) electrons. The van der Waals surface area contributed by atoms with Gasteiger partial charge in [0.25, 0.3) is 0 Å². The van der Waals surface area contributed by atoms with Crippen LogP contribution in [0.25, 0.3) is 0 Å². The maximum atomic E-state index is 11.5. The molecule has 0 aliphatic rings. The lowest BCUT2D eigenvalue weighted by Gasteiger charge is -2.20. The van der Waals surface area contributed by atoms with E-state index in [1.54, 1.807) is 0 Å². The van der Waals surface area contributed by atoms with Gasteiger partial charge in [0.05, 0.1) is 0 Å². The minimum absolute atomic E-state index is 0.151. The highest BCUT2D eigenvalue weighted by molar-refractivity contribution is 5.69. The molecule has 132 valence electrons. The van der Waals surface area contributed by atoms with Gasteiger partial charge in [-0.25, -0.2) is 0 Å². The average Bonchev–Trinajstić information content (AvgIpc) is 2.40. The van der Waals surface area contributed by atoms with Gasteiger partial charge in [-0.05, 0) is 59.5 Å². The van der Waals surface area contributed by atoms with Crippen LogP contribution in [-0.2, 0) is 9.53 Å². The van der Waals surface area contributed by atoms with Gasteiger partial charge < -0.3 is 21.3 Å². The fourth-order valence-electron chi connectivity index (χ4n) is 2.05. The summed E-state index contributed by atoms with van der Waals surface area (Å²) in [6, 6.07) is -0.256. The summed E-state index contributed by atoms with van der Waals surface area (Å²) >= 11 is 0. The van der Waals surface area contributed by atoms with Crippen molar-refractivity contribution in [1.82, 2.24) is 5.32 Å². The molecule has 0 aliphatic heterocycles. The summed E-state index contributed by atoms with van der Waals surface area (Å²) in [5.74, 6) is -0.151. The van der Waals surface area contributed by atoms with Crippen LogP contribution in [0.3, 0.4) is 0 Å². The Bertz CT molecular complexity index is 293. The number of unbranched alkanes of at least 4 members (excludes halogenated alkanes) is 3. The Hall–Kier alpha value is -0.690. The summed E-state index contributed by atoms with van der Waals surface area (Å²) in [6.45, 7) is 6.96. The minimum Gasteiger partial charge on any atom is -0.460 e. The van der Waals surface area contributed by atoms with E-state index in [9.17, 15) is 9.90 Å². The largest absolute Gasteiger partial charge is 0.460 e. The zero-order chi connectivity index (χ0) is 17.0. The molecule has 6 nitrogen and oxygen atoms in total. The van der Waals surface area contributed by atoms with Crippen molar-refractivity contribution in [3.63, 3.8) is 0 Å². The smallest absolute Gasteiger partial charge is 0.306 e. The summed E-state index contributed by atoms with van der Waals surface area (Å²) < 4.78 is 5.24. The van der Waals surface area contributed by atoms with Gasteiger partial charge in [-0.1, -0.05) is 12.8 Å². The normalized spacial score (nSPS) is 14.6. The van der Waals surface area contributed by atoms with E-state index in [2.05, 4.69) is 5.32 Å². The number of rotatable bonds is 12. The molecule has 0 aromatic rings. The maximum absolute atomic E-state index is 11.5. The molecule has 0 spiro atoms. The third-order valence-electron chi connectivity index (χ3n) is 3.23. The summed E-state index contributed by atoms with van der Waals surface area (Å²) in [5.41, 5.74) is 10.9. The molecular formula is C16H35N3O3. The van der Waals surface area contributed by atoms with Crippen molar-refractivity contribution >= 4 is 5.97 Å². The molecule has 0 aromatic carbocycles. The number of nitrogens with two attached hydrogens (primary N) is 2. The third-order valence-corrected chi connectivity index (χ3v) is 3.23. The zero-order valence-corrected chi connectivity index (χ0v) is 14.4. The number of aliphatic hydroxyl groups excluding tert-OH is 1. The molecule has 0 bridgehead atoms. The predicted molar refractivity (Wildman–Crippen MR) is 89.2 cm³/mol. The molecule has 6 heteroatoms. The second kappa shape index (κ2) is 11.8. The van der Waals surface area contributed by atoms with E-state index < -0.39 is 11.8 Å². The number of carbonyl (C=O) groups excluding carboxylic acids is 1. The number of aliphatic hydroxyl groups is 1. The third kappa shape index (κ3) is 13.0. The average molecular weight is 317 g/mol. The van der Waals surface area contributed by atoms with Gasteiger partial charge in [0.1, 0.15) is 11.8 Å². The highest BCUT2D eigenvalue weighted by atomic mass is 16.6. The van der Waals surface area contributed by atoms with Crippen LogP contribution in [0.15, 0.2) is 0 Å². The van der Waals surface area contributed by atoms with Crippen LogP contribution in [-0.4, -0.2) is 42.0 Å². The number of esters is 1. The molecular weight excluding hydrogens is 282 g/mol. The molecule has 0 saturated heterocycles. The molecule has 2 atom stereocenters. The van der Waals surface area contributed by atoms with Crippen LogP contribution in [0, 0.1) is 0 Å². The quantitative estimate of drug-likeness (QED) is 0.245. The van der Waals surface area contributed by atoms with Crippen molar-refractivity contribution in [2.75, 3.05) is 13.1 Å². The lowest BCUT2D eigenvalue weighted by molar-refractivity contribution is -0.154. The second-order valence-electron chi connectivity index (χ2n) is 6.74. The Kier molecular flexibility index (Phi) is 11.5. The number of carbonyl (C=O) groups is 1. The van der Waals surface area contributed by atoms with Gasteiger partial charge in [-0.3, -0.25) is 10.1 Å². The van der Waals surface area contributed by atoms with Gasteiger partial charge >= 0.3 is 5.97 Å². The molecule has 0 rings (SSSR count). The Balaban J connectivity index is 3.54. The number of ether oxygens (including phenoxy) is 1. The zero-order valence-electron chi connectivity index (χ0n) is 14.4. The Morgan fingerprint density at radius 2 is 1.86 bits per heavy atom. The number of hydrogen-bond donors (Lipinski definition) is 4. The van der Waals surface area contributed by atoms with Crippen LogP contribution in [0.5, 0.6) is 0 Å². The van der Waals surface area contributed by atoms with Gasteiger partial charge in [0.15, 0.2) is 0 Å². The van der Waals surface area contributed by atoms with Crippen LogP contribution < -0.4 is 16.8 Å². The highest BCUT2D eigenvalue weighted by Gasteiger charge is 2.16. The van der Waals surface area contributed by atoms with Gasteiger partial charge in [-0.15, -0.1) is 0 Å². The molecule has 0 heterocycles. The van der Waals surface area contributed by atoms with Crippen molar-refractivity contribution in [2.24, 2.45) is 11.5 Å². The van der Waals surface area contributed by atoms with Gasteiger partial charge in [0, 0.05) is 12.5 Å². The van der Waals surface area contributed by atoms with Crippen molar-refractivity contribution in [3.8, 4) is 0 Å². The van der Waals surface area contributed by atoms with E-state index in [4.69, 9.17) is 16.2 Å². The Labute approximate surface area is 135 Å². The van der Waals surface area contributed by atoms with Crippen LogP contribution >= 0.6 is 0 Å². The number of nitrogens with one attached hydrogen (secondary N) is 1. The summed E-state index contributed by atoms with van der Waals surface area (Å²) in [7, 11) is 0. The fraction of sp³-hybridized carbons (Fsp3) is 0.938. The molecule has 22 heavy (non-hydrogen) atoms. The summed E-state index contributed by atoms with van der Waals surface area (Å²) in [6.07, 6.45) is 5.02. The predicted octanol–water partition coefficient (Wildman–Crippen LogP) is 1.25. The first-order chi connectivity index (χ1) is 10.3. The van der Waals surface area contributed by atoms with Crippen LogP contribution in [0.4, 0.5) is 0 Å². The molecule has 0 saturated carbocycles. The van der Waals surface area contributed by atoms with Crippen molar-refractivity contribution in [1.29, 1.82) is 0 Å². The first-order valence-corrected chi connectivity index (χ1v) is 8.35. The molecule has 0 fully saturated rings. The van der Waals surface area contributed by atoms with Crippen LogP contribution in [0.1, 0.15) is 65.7 Å². The van der Waals surface area contributed by atoms with E-state index >= 15 is 0 Å². The summed E-state index contributed by atoms with van der Waals surface area (Å²) in [5, 5.41) is 12.9. The van der Waals surface area contributed by atoms with Crippen LogP contribution in [0.2, 0.25) is 0 Å². The fourth-order valence-corrected chi connectivity index (χ4v) is 2.05. The van der Waals surface area contributed by atoms with Gasteiger partial charge in [-0.2, -0.15) is 0 Å². The van der Waals surface area contributed by atoms with E-state index in [0.29, 0.717) is 19.5 Å². The van der Waals surface area contributed by atoms with E-state index in [1.807, 2.05) is 20.8 Å². The SMILES string of the molecule is CC(C)(C)OC(=O)CCCCCNC(O)[C@@H](N)CCCCN. The molecule has 1 unspecified atom stereocenters. The minimum atomic E-state index is -0.677. The standard InChI is InChI=1S/C16H35N3O3/c1-16(2,3)22-14(20)10-5-4-8-12-19-15(21)13(18)9-6-7-11-17/h13,15,19,21H,4-12,17-18H2,1-3H3/t13-,15?/m0/s1. The Morgan fingerprint density at radius 1 is 1.18 bits per heavy atom. The lowest BCUT2D eigenvalue weighted by atomic mass is 10.1. The first-order valence-electron chi connectivity index (χ1n) is 8.35. The highest BCUT2D eigenvalue weighted by Crippen LogP contribution is 2.10. The van der Waals surface area contributed by atoms with E-state index in [-0.39, 0.29) is 12.0 Å². The lowest BCUT2D eigenvalue weighted by Crippen LogP contribution is -2.45. The van der Waals surface area contributed by atoms with E-state index in [1.165, 1.54) is 0 Å². The topological polar surface area (TPSA) is 111 Å². The van der Waals surface area contributed by atoms with Gasteiger partial charge in [0.2, 0.25) is 0 Å². The van der Waals surface area contributed by atoms with E-state index in [0.717, 1.165) is 38.5 Å². The number of hydrogen-bond acceptors (Lipinski definition) is 6. The Morgan fingerprint density at radius 3 is 2.45 bits per heavy atom. The monoisotopic (exact) mass is 317 g/mol. The molecule has 0 aromatic heterocycles. The molecule has 0 aliphatic carbocycles. The maximum Gasteiger partial charge on any atom is 0.306 e. The van der Waals surface area contributed by atoms with Crippen molar-refractivity contribution in [2.45, 2.75) is 83.6 Å². The van der Waals surface area contributed by atoms with Crippen molar-refractivity contribution in [3.05, 3.63) is 0 Å². The second-order valence-corrected chi connectivity index (χ2v) is 6.74. The molecule has 6 N–H and O–H groups in total.